The zero-order chi connectivity index (χ0) is 19.2. The zero-order valence-electron chi connectivity index (χ0n) is 15.0. The second-order valence-electron chi connectivity index (χ2n) is 7.35. The summed E-state index contributed by atoms with van der Waals surface area (Å²) in [4.78, 5) is 0. The zero-order valence-corrected chi connectivity index (χ0v) is 18.2. The first kappa shape index (κ1) is 19.6. The molecule has 1 unspecified atom stereocenters. The van der Waals surface area contributed by atoms with Crippen LogP contribution in [0.3, 0.4) is 0 Å². The first-order valence-electron chi connectivity index (χ1n) is 9.16. The third-order valence-corrected chi connectivity index (χ3v) is 7.10. The molecule has 1 saturated carbocycles. The topological polar surface area (TPSA) is 70.4 Å². The molecule has 0 spiro atoms. The van der Waals surface area contributed by atoms with E-state index in [1.54, 1.807) is 0 Å². The molecule has 4 rings (SSSR count). The second-order valence-corrected chi connectivity index (χ2v) is 10.2. The maximum absolute atomic E-state index is 11.1. The molecule has 2 aliphatic rings. The van der Waals surface area contributed by atoms with E-state index in [0.29, 0.717) is 23.3 Å². The van der Waals surface area contributed by atoms with Gasteiger partial charge in [0.25, 0.3) is 10.1 Å². The molecule has 0 radical (unpaired) electrons. The SMILES string of the molecule is CS(=O)(=O)OCC[C@H]1C[C@H]1c1c(Cl)cc2c(cnn2C2CCCCO2)c1Br. The minimum absolute atomic E-state index is 0.0353. The Morgan fingerprint density at radius 1 is 1.44 bits per heavy atom. The molecule has 2 fully saturated rings. The average Bonchev–Trinajstić information content (AvgIpc) is 3.22. The Hall–Kier alpha value is -0.670. The lowest BCUT2D eigenvalue weighted by atomic mass is 10.1. The molecule has 0 bridgehead atoms. The van der Waals surface area contributed by atoms with Crippen LogP contribution in [-0.4, -0.2) is 37.7 Å². The van der Waals surface area contributed by atoms with Gasteiger partial charge in [0, 0.05) is 21.5 Å². The van der Waals surface area contributed by atoms with Crippen molar-refractivity contribution in [3.8, 4) is 0 Å². The fourth-order valence-electron chi connectivity index (χ4n) is 3.89. The predicted octanol–water partition coefficient (Wildman–Crippen LogP) is 4.62. The molecule has 9 heteroatoms. The number of hydrogen-bond donors (Lipinski definition) is 0. The highest BCUT2D eigenvalue weighted by Crippen LogP contribution is 2.55. The molecule has 2 heterocycles. The van der Waals surface area contributed by atoms with Crippen LogP contribution in [0.15, 0.2) is 16.7 Å². The van der Waals surface area contributed by atoms with E-state index >= 15 is 0 Å². The fraction of sp³-hybridized carbons (Fsp3) is 0.611. The molecule has 2 aromatic rings. The van der Waals surface area contributed by atoms with Crippen LogP contribution in [0.25, 0.3) is 10.9 Å². The van der Waals surface area contributed by atoms with Crippen LogP contribution < -0.4 is 0 Å². The van der Waals surface area contributed by atoms with Gasteiger partial charge >= 0.3 is 0 Å². The lowest BCUT2D eigenvalue weighted by molar-refractivity contribution is -0.0366. The van der Waals surface area contributed by atoms with Crippen LogP contribution in [0.1, 0.15) is 49.8 Å². The monoisotopic (exact) mass is 476 g/mol. The largest absolute Gasteiger partial charge is 0.356 e. The van der Waals surface area contributed by atoms with Gasteiger partial charge in [-0.05, 0) is 71.5 Å². The summed E-state index contributed by atoms with van der Waals surface area (Å²) in [6.45, 7) is 0.979. The van der Waals surface area contributed by atoms with Crippen LogP contribution in [-0.2, 0) is 19.0 Å². The van der Waals surface area contributed by atoms with E-state index in [0.717, 1.165) is 59.5 Å². The van der Waals surface area contributed by atoms with Crippen LogP contribution >= 0.6 is 27.5 Å². The van der Waals surface area contributed by atoms with E-state index in [1.165, 1.54) is 0 Å². The van der Waals surface area contributed by atoms with E-state index in [4.69, 9.17) is 20.5 Å². The van der Waals surface area contributed by atoms with Crippen molar-refractivity contribution in [3.63, 3.8) is 0 Å². The van der Waals surface area contributed by atoms with Gasteiger partial charge in [-0.1, -0.05) is 11.6 Å². The third kappa shape index (κ3) is 4.19. The van der Waals surface area contributed by atoms with Crippen molar-refractivity contribution in [3.05, 3.63) is 27.3 Å². The van der Waals surface area contributed by atoms with Crippen LogP contribution in [0.4, 0.5) is 0 Å². The van der Waals surface area contributed by atoms with Gasteiger partial charge in [0.15, 0.2) is 6.23 Å². The van der Waals surface area contributed by atoms with E-state index in [1.807, 2.05) is 16.9 Å². The van der Waals surface area contributed by atoms with Gasteiger partial charge in [-0.15, -0.1) is 0 Å². The van der Waals surface area contributed by atoms with Gasteiger partial charge < -0.3 is 4.74 Å². The van der Waals surface area contributed by atoms with Crippen LogP contribution in [0.2, 0.25) is 5.02 Å². The molecule has 6 nitrogen and oxygen atoms in total. The number of fused-ring (bicyclic) bond motifs is 1. The van der Waals surface area contributed by atoms with Crippen LogP contribution in [0, 0.1) is 5.92 Å². The normalized spacial score (nSPS) is 25.8. The molecule has 1 aromatic carbocycles. The highest BCUT2D eigenvalue weighted by Gasteiger charge is 2.41. The summed E-state index contributed by atoms with van der Waals surface area (Å²) in [5.41, 5.74) is 2.05. The Kier molecular flexibility index (Phi) is 5.55. The molecule has 1 aliphatic heterocycles. The number of aromatic nitrogens is 2. The average molecular weight is 478 g/mol. The summed E-state index contributed by atoms with van der Waals surface area (Å²) in [6.07, 6.45) is 7.78. The molecule has 27 heavy (non-hydrogen) atoms. The molecule has 0 amide bonds. The Morgan fingerprint density at radius 2 is 2.26 bits per heavy atom. The number of benzene rings is 1. The van der Waals surface area contributed by atoms with Crippen molar-refractivity contribution in [1.29, 1.82) is 0 Å². The maximum atomic E-state index is 11.1. The molecule has 1 saturated heterocycles. The first-order valence-corrected chi connectivity index (χ1v) is 12.1. The molecular weight excluding hydrogens is 456 g/mol. The summed E-state index contributed by atoms with van der Waals surface area (Å²) in [6, 6.07) is 1.98. The van der Waals surface area contributed by atoms with Crippen molar-refractivity contribution < 1.29 is 17.3 Å². The van der Waals surface area contributed by atoms with E-state index < -0.39 is 10.1 Å². The molecular formula is C18H22BrClN2O4S. The van der Waals surface area contributed by atoms with Gasteiger partial charge in [0.2, 0.25) is 0 Å². The van der Waals surface area contributed by atoms with E-state index in [9.17, 15) is 8.42 Å². The number of ether oxygens (including phenoxy) is 1. The molecule has 148 valence electrons. The maximum Gasteiger partial charge on any atom is 0.264 e. The molecule has 1 aliphatic carbocycles. The summed E-state index contributed by atoms with van der Waals surface area (Å²) in [7, 11) is -3.39. The predicted molar refractivity (Wildman–Crippen MR) is 108 cm³/mol. The van der Waals surface area contributed by atoms with Crippen molar-refractivity contribution in [2.24, 2.45) is 5.92 Å². The highest BCUT2D eigenvalue weighted by molar-refractivity contribution is 9.10. The minimum Gasteiger partial charge on any atom is -0.356 e. The highest BCUT2D eigenvalue weighted by atomic mass is 79.9. The van der Waals surface area contributed by atoms with E-state index in [2.05, 4.69) is 21.0 Å². The number of hydrogen-bond acceptors (Lipinski definition) is 5. The minimum atomic E-state index is -3.39. The quantitative estimate of drug-likeness (QED) is 0.568. The smallest absolute Gasteiger partial charge is 0.264 e. The Labute approximate surface area is 172 Å². The summed E-state index contributed by atoms with van der Waals surface area (Å²) in [5, 5.41) is 6.29. The van der Waals surface area contributed by atoms with E-state index in [-0.39, 0.29) is 12.8 Å². The number of nitrogens with zero attached hydrogens (tertiary/aromatic N) is 2. The van der Waals surface area contributed by atoms with Crippen molar-refractivity contribution in [1.82, 2.24) is 9.78 Å². The Bertz CT molecular complexity index is 956. The fourth-order valence-corrected chi connectivity index (χ4v) is 5.55. The third-order valence-electron chi connectivity index (χ3n) is 5.34. The number of rotatable bonds is 6. The van der Waals surface area contributed by atoms with Crippen molar-refractivity contribution in [2.45, 2.75) is 44.2 Å². The number of halogens is 2. The molecule has 1 aromatic heterocycles. The van der Waals surface area contributed by atoms with Crippen LogP contribution in [0.5, 0.6) is 0 Å². The first-order chi connectivity index (χ1) is 12.8. The van der Waals surface area contributed by atoms with Gasteiger partial charge in [-0.25, -0.2) is 4.68 Å². The molecule has 3 atom stereocenters. The van der Waals surface area contributed by atoms with Gasteiger partial charge in [0.05, 0.1) is 24.6 Å². The molecule has 0 N–H and O–H groups in total. The summed E-state index contributed by atoms with van der Waals surface area (Å²) < 4.78 is 35.8. The standard InChI is InChI=1S/C18H22BrClN2O4S/c1-27(23,24)26-7-5-11-8-12(11)17-14(20)9-15-13(18(17)19)10-21-22(15)16-4-2-3-6-25-16/h9-12,16H,2-8H2,1H3/t11-,12+,16?/m0/s1. The van der Waals surface area contributed by atoms with Gasteiger partial charge in [0.1, 0.15) is 0 Å². The Morgan fingerprint density at radius 3 is 2.96 bits per heavy atom. The summed E-state index contributed by atoms with van der Waals surface area (Å²) >= 11 is 10.4. The lowest BCUT2D eigenvalue weighted by Gasteiger charge is -2.23. The second kappa shape index (κ2) is 7.63. The lowest BCUT2D eigenvalue weighted by Crippen LogP contribution is -2.18. The summed E-state index contributed by atoms with van der Waals surface area (Å²) in [5.74, 6) is 0.698. The Balaban J connectivity index is 1.55. The van der Waals surface area contributed by atoms with Gasteiger partial charge in [-0.3, -0.25) is 4.18 Å². The van der Waals surface area contributed by atoms with Gasteiger partial charge in [-0.2, -0.15) is 13.5 Å². The van der Waals surface area contributed by atoms with Crippen molar-refractivity contribution in [2.75, 3.05) is 19.5 Å². The van der Waals surface area contributed by atoms with Crippen molar-refractivity contribution >= 4 is 48.6 Å².